The van der Waals surface area contributed by atoms with Crippen molar-refractivity contribution >= 4 is 16.3 Å². The Morgan fingerprint density at radius 1 is 1.21 bits per heavy atom. The summed E-state index contributed by atoms with van der Waals surface area (Å²) in [6.45, 7) is 1.22. The minimum atomic E-state index is -3.95. The van der Waals surface area contributed by atoms with E-state index in [2.05, 4.69) is 4.83 Å². The standard InChI is InChI=1S/C6H13N3O4S/c10-6(11)7-14(12,13)8-9-4-2-1-3-5-9/h7-8H,1-5H2,(H,10,11). The van der Waals surface area contributed by atoms with Crippen LogP contribution in [0, 0.1) is 0 Å². The molecule has 1 aliphatic heterocycles. The molecule has 1 rings (SSSR count). The lowest BCUT2D eigenvalue weighted by atomic mass is 10.2. The Kier molecular flexibility index (Phi) is 3.67. The van der Waals surface area contributed by atoms with E-state index in [1.807, 2.05) is 0 Å². The van der Waals surface area contributed by atoms with Gasteiger partial charge in [-0.3, -0.25) is 0 Å². The van der Waals surface area contributed by atoms with E-state index in [1.54, 1.807) is 0 Å². The molecule has 0 saturated carbocycles. The second-order valence-electron chi connectivity index (χ2n) is 3.05. The van der Waals surface area contributed by atoms with Gasteiger partial charge in [0.1, 0.15) is 0 Å². The van der Waals surface area contributed by atoms with E-state index >= 15 is 0 Å². The van der Waals surface area contributed by atoms with Gasteiger partial charge in [-0.05, 0) is 12.8 Å². The van der Waals surface area contributed by atoms with E-state index < -0.39 is 16.3 Å². The number of piperidine rings is 1. The maximum absolute atomic E-state index is 11.1. The summed E-state index contributed by atoms with van der Waals surface area (Å²) in [6, 6.07) is 0. The number of hydrazine groups is 1. The minimum Gasteiger partial charge on any atom is -0.464 e. The highest BCUT2D eigenvalue weighted by Crippen LogP contribution is 2.06. The fraction of sp³-hybridized carbons (Fsp3) is 0.833. The first-order valence-corrected chi connectivity index (χ1v) is 5.76. The summed E-state index contributed by atoms with van der Waals surface area (Å²) < 4.78 is 23.5. The van der Waals surface area contributed by atoms with Crippen LogP contribution in [0.4, 0.5) is 4.79 Å². The third kappa shape index (κ3) is 3.90. The first-order valence-electron chi connectivity index (χ1n) is 4.28. The van der Waals surface area contributed by atoms with Crippen molar-refractivity contribution in [2.75, 3.05) is 13.1 Å². The molecule has 3 N–H and O–H groups in total. The third-order valence-corrected chi connectivity index (χ3v) is 2.77. The molecule has 0 bridgehead atoms. The molecule has 1 fully saturated rings. The molecule has 0 unspecified atom stereocenters. The van der Waals surface area contributed by atoms with Crippen LogP contribution in [0.3, 0.4) is 0 Å². The summed E-state index contributed by atoms with van der Waals surface area (Å²) in [5, 5.41) is 9.72. The third-order valence-electron chi connectivity index (χ3n) is 1.83. The fourth-order valence-corrected chi connectivity index (χ4v) is 2.09. The van der Waals surface area contributed by atoms with Gasteiger partial charge in [0, 0.05) is 13.1 Å². The lowest BCUT2D eigenvalue weighted by molar-refractivity contribution is 0.191. The Hall–Kier alpha value is -0.860. The van der Waals surface area contributed by atoms with Gasteiger partial charge in [-0.2, -0.15) is 8.42 Å². The molecule has 82 valence electrons. The number of carbonyl (C=O) groups is 1. The Balaban J connectivity index is 2.45. The molecular formula is C6H13N3O4S. The predicted molar refractivity (Wildman–Crippen MR) is 48.6 cm³/mol. The van der Waals surface area contributed by atoms with Gasteiger partial charge in [-0.25, -0.2) is 14.5 Å². The van der Waals surface area contributed by atoms with Crippen LogP contribution < -0.4 is 9.55 Å². The summed E-state index contributed by atoms with van der Waals surface area (Å²) >= 11 is 0. The van der Waals surface area contributed by atoms with E-state index in [0.29, 0.717) is 13.1 Å². The minimum absolute atomic E-state index is 0.612. The van der Waals surface area contributed by atoms with E-state index in [0.717, 1.165) is 19.3 Å². The van der Waals surface area contributed by atoms with Crippen molar-refractivity contribution in [2.24, 2.45) is 0 Å². The highest BCUT2D eigenvalue weighted by Gasteiger charge is 2.18. The monoisotopic (exact) mass is 223 g/mol. The van der Waals surface area contributed by atoms with Gasteiger partial charge in [-0.1, -0.05) is 6.42 Å². The van der Waals surface area contributed by atoms with Gasteiger partial charge in [-0.15, -0.1) is 4.83 Å². The predicted octanol–water partition coefficient (Wildman–Crippen LogP) is -0.511. The number of hydrogen-bond donors (Lipinski definition) is 3. The molecule has 0 radical (unpaired) electrons. The van der Waals surface area contributed by atoms with E-state index in [1.165, 1.54) is 9.73 Å². The molecule has 0 aromatic heterocycles. The molecular weight excluding hydrogens is 210 g/mol. The maximum Gasteiger partial charge on any atom is 0.419 e. The van der Waals surface area contributed by atoms with Crippen LogP contribution in [0.2, 0.25) is 0 Å². The highest BCUT2D eigenvalue weighted by molar-refractivity contribution is 7.88. The van der Waals surface area contributed by atoms with Crippen molar-refractivity contribution in [1.29, 1.82) is 0 Å². The molecule has 7 nitrogen and oxygen atoms in total. The van der Waals surface area contributed by atoms with Crippen LogP contribution in [0.5, 0.6) is 0 Å². The summed E-state index contributed by atoms with van der Waals surface area (Å²) in [5.74, 6) is 0. The second-order valence-corrected chi connectivity index (χ2v) is 4.44. The molecule has 0 atom stereocenters. The maximum atomic E-state index is 11.1. The summed E-state index contributed by atoms with van der Waals surface area (Å²) in [7, 11) is -3.95. The number of rotatable bonds is 3. The molecule has 0 spiro atoms. The molecule has 1 aliphatic rings. The van der Waals surface area contributed by atoms with Crippen molar-refractivity contribution in [1.82, 2.24) is 14.6 Å². The molecule has 0 aromatic carbocycles. The molecule has 14 heavy (non-hydrogen) atoms. The topological polar surface area (TPSA) is 98.7 Å². The molecule has 1 saturated heterocycles. The Labute approximate surface area is 82.2 Å². The highest BCUT2D eigenvalue weighted by atomic mass is 32.2. The molecule has 1 heterocycles. The van der Waals surface area contributed by atoms with E-state index in [-0.39, 0.29) is 0 Å². The van der Waals surface area contributed by atoms with Crippen LogP contribution in [-0.4, -0.2) is 37.7 Å². The summed E-state index contributed by atoms with van der Waals surface area (Å²) in [5.41, 5.74) is 0. The normalized spacial score (nSPS) is 19.1. The number of hydrogen-bond acceptors (Lipinski definition) is 4. The van der Waals surface area contributed by atoms with Crippen molar-refractivity contribution in [3.8, 4) is 0 Å². The van der Waals surface area contributed by atoms with E-state index in [4.69, 9.17) is 5.11 Å². The van der Waals surface area contributed by atoms with Gasteiger partial charge in [0.25, 0.3) is 0 Å². The van der Waals surface area contributed by atoms with Crippen molar-refractivity contribution in [3.63, 3.8) is 0 Å². The molecule has 0 aliphatic carbocycles. The SMILES string of the molecule is O=C(O)NS(=O)(=O)NN1CCCCC1. The average Bonchev–Trinajstić information content (AvgIpc) is 2.02. The van der Waals surface area contributed by atoms with Crippen molar-refractivity contribution in [2.45, 2.75) is 19.3 Å². The summed E-state index contributed by atoms with van der Waals surface area (Å²) in [6.07, 6.45) is 1.31. The Bertz CT molecular complexity index is 296. The van der Waals surface area contributed by atoms with E-state index in [9.17, 15) is 13.2 Å². The van der Waals surface area contributed by atoms with Gasteiger partial charge in [0.15, 0.2) is 0 Å². The van der Waals surface area contributed by atoms with Crippen LogP contribution >= 0.6 is 0 Å². The zero-order valence-corrected chi connectivity index (χ0v) is 8.38. The van der Waals surface area contributed by atoms with Gasteiger partial charge in [0.2, 0.25) is 0 Å². The fourth-order valence-electron chi connectivity index (χ4n) is 1.29. The number of nitrogens with one attached hydrogen (secondary N) is 2. The summed E-state index contributed by atoms with van der Waals surface area (Å²) in [4.78, 5) is 12.2. The first-order chi connectivity index (χ1) is 6.49. The first kappa shape index (κ1) is 11.2. The number of nitrogens with zero attached hydrogens (tertiary/aromatic N) is 1. The Morgan fingerprint density at radius 3 is 2.29 bits per heavy atom. The quantitative estimate of drug-likeness (QED) is 0.598. The molecule has 8 heteroatoms. The zero-order chi connectivity index (χ0) is 10.6. The zero-order valence-electron chi connectivity index (χ0n) is 7.56. The van der Waals surface area contributed by atoms with Crippen molar-refractivity contribution < 1.29 is 18.3 Å². The van der Waals surface area contributed by atoms with Gasteiger partial charge >= 0.3 is 16.3 Å². The molecule has 0 aromatic rings. The van der Waals surface area contributed by atoms with Crippen LogP contribution in [0.25, 0.3) is 0 Å². The lowest BCUT2D eigenvalue weighted by Crippen LogP contribution is -2.50. The van der Waals surface area contributed by atoms with Crippen LogP contribution in [0.1, 0.15) is 19.3 Å². The largest absolute Gasteiger partial charge is 0.464 e. The van der Waals surface area contributed by atoms with Gasteiger partial charge in [0.05, 0.1) is 0 Å². The Morgan fingerprint density at radius 2 is 1.79 bits per heavy atom. The smallest absolute Gasteiger partial charge is 0.419 e. The molecule has 1 amide bonds. The van der Waals surface area contributed by atoms with Gasteiger partial charge < -0.3 is 5.11 Å². The van der Waals surface area contributed by atoms with Crippen LogP contribution in [-0.2, 0) is 10.2 Å². The average molecular weight is 223 g/mol. The van der Waals surface area contributed by atoms with Crippen molar-refractivity contribution in [3.05, 3.63) is 0 Å². The second kappa shape index (κ2) is 4.58. The number of carboxylic acid groups (broad SMARTS) is 1. The number of amides is 1. The van der Waals surface area contributed by atoms with Crippen LogP contribution in [0.15, 0.2) is 0 Å². The lowest BCUT2D eigenvalue weighted by Gasteiger charge is -2.26.